The Morgan fingerprint density at radius 1 is 1.21 bits per heavy atom. The fourth-order valence-electron chi connectivity index (χ4n) is 2.49. The SMILES string of the molecule is Bc1ccc(N2C(=O)CCC2C(=O)NC2CC2)cc1. The molecular formula is C14H17BN2O2. The highest BCUT2D eigenvalue weighted by molar-refractivity contribution is 6.32. The highest BCUT2D eigenvalue weighted by Gasteiger charge is 2.38. The van der Waals surface area contributed by atoms with Gasteiger partial charge in [0.1, 0.15) is 13.9 Å². The minimum Gasteiger partial charge on any atom is -0.352 e. The Hall–Kier alpha value is -1.78. The first-order valence-electron chi connectivity index (χ1n) is 6.84. The smallest absolute Gasteiger partial charge is 0.243 e. The van der Waals surface area contributed by atoms with Crippen molar-refractivity contribution in [2.75, 3.05) is 4.90 Å². The van der Waals surface area contributed by atoms with E-state index in [9.17, 15) is 9.59 Å². The van der Waals surface area contributed by atoms with Crippen LogP contribution < -0.4 is 15.7 Å². The van der Waals surface area contributed by atoms with Gasteiger partial charge in [-0.15, -0.1) is 0 Å². The summed E-state index contributed by atoms with van der Waals surface area (Å²) in [5, 5.41) is 2.99. The van der Waals surface area contributed by atoms with Gasteiger partial charge in [0.2, 0.25) is 11.8 Å². The van der Waals surface area contributed by atoms with Crippen LogP contribution in [0.25, 0.3) is 0 Å². The lowest BCUT2D eigenvalue weighted by atomic mass is 9.96. The van der Waals surface area contributed by atoms with E-state index in [-0.39, 0.29) is 17.9 Å². The predicted octanol–water partition coefficient (Wildman–Crippen LogP) is -0.281. The molecule has 98 valence electrons. The van der Waals surface area contributed by atoms with Crippen molar-refractivity contribution in [2.24, 2.45) is 0 Å². The van der Waals surface area contributed by atoms with Gasteiger partial charge in [0, 0.05) is 18.2 Å². The first kappa shape index (κ1) is 12.3. The minimum absolute atomic E-state index is 0.00562. The summed E-state index contributed by atoms with van der Waals surface area (Å²) < 4.78 is 0. The Balaban J connectivity index is 1.81. The summed E-state index contributed by atoms with van der Waals surface area (Å²) in [5.41, 5.74) is 1.97. The van der Waals surface area contributed by atoms with Crippen LogP contribution in [0.3, 0.4) is 0 Å². The molecule has 1 aromatic carbocycles. The van der Waals surface area contributed by atoms with Gasteiger partial charge in [-0.25, -0.2) is 0 Å². The van der Waals surface area contributed by atoms with Crippen LogP contribution in [-0.4, -0.2) is 31.7 Å². The molecule has 2 fully saturated rings. The van der Waals surface area contributed by atoms with Crippen molar-refractivity contribution in [3.63, 3.8) is 0 Å². The lowest BCUT2D eigenvalue weighted by Gasteiger charge is -2.24. The van der Waals surface area contributed by atoms with Crippen LogP contribution in [-0.2, 0) is 9.59 Å². The average Bonchev–Trinajstić information content (AvgIpc) is 3.11. The van der Waals surface area contributed by atoms with Gasteiger partial charge in [-0.3, -0.25) is 14.5 Å². The van der Waals surface area contributed by atoms with Crippen molar-refractivity contribution in [3.05, 3.63) is 24.3 Å². The minimum atomic E-state index is -0.337. The van der Waals surface area contributed by atoms with E-state index in [2.05, 4.69) is 5.32 Å². The highest BCUT2D eigenvalue weighted by atomic mass is 16.2. The van der Waals surface area contributed by atoms with Crippen molar-refractivity contribution in [1.82, 2.24) is 5.32 Å². The molecule has 1 aliphatic carbocycles. The Kier molecular flexibility index (Phi) is 3.05. The molecule has 1 atom stereocenters. The molecule has 1 aromatic rings. The molecule has 0 spiro atoms. The zero-order valence-electron chi connectivity index (χ0n) is 11.1. The van der Waals surface area contributed by atoms with Gasteiger partial charge >= 0.3 is 0 Å². The Morgan fingerprint density at radius 3 is 2.53 bits per heavy atom. The molecule has 1 saturated carbocycles. The topological polar surface area (TPSA) is 49.4 Å². The molecule has 3 rings (SSSR count). The number of rotatable bonds is 3. The quantitative estimate of drug-likeness (QED) is 0.756. The summed E-state index contributed by atoms with van der Waals surface area (Å²) in [7, 11) is 2.01. The Morgan fingerprint density at radius 2 is 1.89 bits per heavy atom. The second-order valence-electron chi connectivity index (χ2n) is 5.44. The molecule has 5 heteroatoms. The van der Waals surface area contributed by atoms with Crippen LogP contribution >= 0.6 is 0 Å². The maximum Gasteiger partial charge on any atom is 0.243 e. The largest absolute Gasteiger partial charge is 0.352 e. The monoisotopic (exact) mass is 256 g/mol. The number of amides is 2. The second kappa shape index (κ2) is 4.72. The molecule has 1 saturated heterocycles. The third-order valence-corrected chi connectivity index (χ3v) is 3.75. The first-order chi connectivity index (χ1) is 9.15. The summed E-state index contributed by atoms with van der Waals surface area (Å²) in [6.45, 7) is 0. The molecule has 1 unspecified atom stereocenters. The molecule has 1 N–H and O–H groups in total. The Labute approximate surface area is 113 Å². The van der Waals surface area contributed by atoms with E-state index in [1.807, 2.05) is 32.1 Å². The van der Waals surface area contributed by atoms with Crippen LogP contribution in [0.2, 0.25) is 0 Å². The van der Waals surface area contributed by atoms with E-state index in [0.29, 0.717) is 18.9 Å². The van der Waals surface area contributed by atoms with E-state index in [0.717, 1.165) is 24.0 Å². The molecule has 4 nitrogen and oxygen atoms in total. The molecular weight excluding hydrogens is 239 g/mol. The van der Waals surface area contributed by atoms with Gasteiger partial charge in [-0.2, -0.15) is 0 Å². The van der Waals surface area contributed by atoms with Crippen LogP contribution in [0.15, 0.2) is 24.3 Å². The summed E-state index contributed by atoms with van der Waals surface area (Å²) in [6.07, 6.45) is 3.20. The van der Waals surface area contributed by atoms with Crippen molar-refractivity contribution in [3.8, 4) is 0 Å². The maximum absolute atomic E-state index is 12.2. The van der Waals surface area contributed by atoms with Gasteiger partial charge < -0.3 is 5.32 Å². The summed E-state index contributed by atoms with van der Waals surface area (Å²) >= 11 is 0. The van der Waals surface area contributed by atoms with Gasteiger partial charge in [0.05, 0.1) is 0 Å². The molecule has 0 aromatic heterocycles. The molecule has 19 heavy (non-hydrogen) atoms. The second-order valence-corrected chi connectivity index (χ2v) is 5.44. The fraction of sp³-hybridized carbons (Fsp3) is 0.429. The summed E-state index contributed by atoms with van der Waals surface area (Å²) in [4.78, 5) is 25.9. The number of carbonyl (C=O) groups excluding carboxylic acids is 2. The van der Waals surface area contributed by atoms with Crippen LogP contribution in [0.4, 0.5) is 5.69 Å². The van der Waals surface area contributed by atoms with Gasteiger partial charge in [0.15, 0.2) is 0 Å². The van der Waals surface area contributed by atoms with Crippen molar-refractivity contribution in [1.29, 1.82) is 0 Å². The van der Waals surface area contributed by atoms with Crippen molar-refractivity contribution in [2.45, 2.75) is 37.8 Å². The molecule has 0 radical (unpaired) electrons. The zero-order chi connectivity index (χ0) is 13.4. The van der Waals surface area contributed by atoms with Gasteiger partial charge in [-0.05, 0) is 31.4 Å². The van der Waals surface area contributed by atoms with Crippen LogP contribution in [0.1, 0.15) is 25.7 Å². The van der Waals surface area contributed by atoms with E-state index in [1.54, 1.807) is 4.90 Å². The van der Waals surface area contributed by atoms with Crippen LogP contribution in [0, 0.1) is 0 Å². The molecule has 2 amide bonds. The number of hydrogen-bond donors (Lipinski definition) is 1. The maximum atomic E-state index is 12.2. The number of nitrogens with zero attached hydrogens (tertiary/aromatic N) is 1. The highest BCUT2D eigenvalue weighted by Crippen LogP contribution is 2.27. The van der Waals surface area contributed by atoms with E-state index in [4.69, 9.17) is 0 Å². The first-order valence-corrected chi connectivity index (χ1v) is 6.84. The molecule has 2 aliphatic rings. The lowest BCUT2D eigenvalue weighted by Crippen LogP contribution is -2.45. The summed E-state index contributed by atoms with van der Waals surface area (Å²) in [5.74, 6) is 0.0359. The van der Waals surface area contributed by atoms with Gasteiger partial charge in [0.25, 0.3) is 0 Å². The van der Waals surface area contributed by atoms with E-state index in [1.165, 1.54) is 0 Å². The number of nitrogens with one attached hydrogen (secondary N) is 1. The molecule has 0 bridgehead atoms. The van der Waals surface area contributed by atoms with Crippen LogP contribution in [0.5, 0.6) is 0 Å². The lowest BCUT2D eigenvalue weighted by molar-refractivity contribution is -0.124. The third-order valence-electron chi connectivity index (χ3n) is 3.75. The Bertz CT molecular complexity index is 511. The molecule has 1 aliphatic heterocycles. The summed E-state index contributed by atoms with van der Waals surface area (Å²) in [6, 6.07) is 7.76. The molecule has 1 heterocycles. The van der Waals surface area contributed by atoms with E-state index >= 15 is 0 Å². The number of anilines is 1. The van der Waals surface area contributed by atoms with Crippen molar-refractivity contribution >= 4 is 30.8 Å². The number of hydrogen-bond acceptors (Lipinski definition) is 2. The van der Waals surface area contributed by atoms with E-state index < -0.39 is 0 Å². The standard InChI is InChI=1S/C14H17BN2O2/c15-9-1-5-11(6-2-9)17-12(7-8-13(17)18)14(19)16-10-3-4-10/h1-2,5-6,10,12H,3-4,7-8,15H2,(H,16,19). The average molecular weight is 256 g/mol. The normalized spacial score (nSPS) is 22.6. The van der Waals surface area contributed by atoms with Gasteiger partial charge in [-0.1, -0.05) is 17.6 Å². The van der Waals surface area contributed by atoms with Crippen molar-refractivity contribution < 1.29 is 9.59 Å². The third kappa shape index (κ3) is 2.50. The fourth-order valence-corrected chi connectivity index (χ4v) is 2.49. The number of carbonyl (C=O) groups is 2. The predicted molar refractivity (Wildman–Crippen MR) is 76.3 cm³/mol. The zero-order valence-corrected chi connectivity index (χ0v) is 11.1. The number of benzene rings is 1.